The fraction of sp³-hybridized carbons (Fsp3) is 0.143. The highest BCUT2D eigenvalue weighted by Crippen LogP contribution is 2.09. The van der Waals surface area contributed by atoms with Gasteiger partial charge in [-0.3, -0.25) is 0 Å². The Bertz CT molecular complexity index is 207. The van der Waals surface area contributed by atoms with Crippen molar-refractivity contribution in [1.82, 2.24) is 0 Å². The van der Waals surface area contributed by atoms with Gasteiger partial charge in [0.15, 0.2) is 0 Å². The molecule has 0 amide bonds. The third-order valence-corrected chi connectivity index (χ3v) is 1.55. The first kappa shape index (κ1) is 6.78. The first-order chi connectivity index (χ1) is 4.29. The molecule has 0 bridgehead atoms. The Morgan fingerprint density at radius 2 is 2.33 bits per heavy atom. The fourth-order valence-corrected chi connectivity index (χ4v) is 0.800. The molecule has 9 heavy (non-hydrogen) atoms. The van der Waals surface area contributed by atoms with Crippen LogP contribution in [0.1, 0.15) is 6.92 Å². The first-order valence-electron chi connectivity index (χ1n) is 2.62. The number of hydrogen-bond acceptors (Lipinski definition) is 1. The van der Waals surface area contributed by atoms with Crippen molar-refractivity contribution in [3.8, 4) is 0 Å². The lowest BCUT2D eigenvalue weighted by Gasteiger charge is -1.79. The summed E-state index contributed by atoms with van der Waals surface area (Å²) in [5.74, 6) is 2.80. The van der Waals surface area contributed by atoms with E-state index in [1.54, 1.807) is 0 Å². The van der Waals surface area contributed by atoms with E-state index in [1.165, 1.54) is 5.57 Å². The van der Waals surface area contributed by atoms with Crippen LogP contribution < -0.4 is 0 Å². The maximum Gasteiger partial charge on any atom is 0.111 e. The van der Waals surface area contributed by atoms with Gasteiger partial charge in [0.1, 0.15) is 3.70 Å². The van der Waals surface area contributed by atoms with Crippen molar-refractivity contribution in [1.29, 1.82) is 0 Å². The molecule has 0 aromatic carbocycles. The number of hydrogen-bond donors (Lipinski definition) is 0. The normalized spacial score (nSPS) is 16.7. The maximum atomic E-state index is 3.96. The number of allylic oxidation sites excluding steroid dienone is 4. The van der Waals surface area contributed by atoms with Crippen LogP contribution in [0.25, 0.3) is 0 Å². The van der Waals surface area contributed by atoms with Crippen LogP contribution in [0.15, 0.2) is 32.5 Å². The van der Waals surface area contributed by atoms with Gasteiger partial charge >= 0.3 is 0 Å². The van der Waals surface area contributed by atoms with Gasteiger partial charge in [0.25, 0.3) is 0 Å². The van der Waals surface area contributed by atoms with Crippen molar-refractivity contribution in [2.45, 2.75) is 6.92 Å². The summed E-state index contributed by atoms with van der Waals surface area (Å²) in [7, 11) is 0. The molecule has 0 saturated carbocycles. The lowest BCUT2D eigenvalue weighted by Crippen LogP contribution is -1.61. The summed E-state index contributed by atoms with van der Waals surface area (Å²) in [5, 5.41) is 0. The Morgan fingerprint density at radius 1 is 1.56 bits per heavy atom. The highest BCUT2D eigenvalue weighted by molar-refractivity contribution is 14.1. The second-order valence-corrected chi connectivity index (χ2v) is 2.89. The molecule has 1 aliphatic rings. The molecule has 1 aliphatic heterocycles. The minimum Gasteiger partial charge on any atom is -0.200 e. The van der Waals surface area contributed by atoms with Gasteiger partial charge < -0.3 is 0 Å². The Labute approximate surface area is 68.0 Å². The van der Waals surface area contributed by atoms with Gasteiger partial charge in [-0.1, -0.05) is 6.08 Å². The molecule has 0 aromatic rings. The van der Waals surface area contributed by atoms with Gasteiger partial charge in [0, 0.05) is 6.08 Å². The fourth-order valence-electron chi connectivity index (χ4n) is 0.481. The van der Waals surface area contributed by atoms with E-state index in [9.17, 15) is 0 Å². The molecule has 0 fully saturated rings. The summed E-state index contributed by atoms with van der Waals surface area (Å²) in [6.45, 7) is 2.02. The number of nitrogens with zero attached hydrogens (tertiary/aromatic N) is 1. The Hall–Kier alpha value is -0.340. The van der Waals surface area contributed by atoms with Gasteiger partial charge in [0.2, 0.25) is 0 Å². The summed E-state index contributed by atoms with van der Waals surface area (Å²) in [6, 6.07) is 0. The van der Waals surface area contributed by atoms with Crippen molar-refractivity contribution in [2.75, 3.05) is 0 Å². The van der Waals surface area contributed by atoms with E-state index in [2.05, 4.69) is 33.5 Å². The molecule has 0 spiro atoms. The molecule has 0 aromatic heterocycles. The predicted molar refractivity (Wildman–Crippen MR) is 47.9 cm³/mol. The molecule has 0 N–H and O–H groups in total. The molecule has 1 nitrogen and oxygen atoms in total. The van der Waals surface area contributed by atoms with Gasteiger partial charge in [0.05, 0.1) is 0 Å². The summed E-state index contributed by atoms with van der Waals surface area (Å²) in [5.41, 5.74) is 1.19. The summed E-state index contributed by atoms with van der Waals surface area (Å²) in [4.78, 5) is 3.96. The largest absolute Gasteiger partial charge is 0.200 e. The van der Waals surface area contributed by atoms with Crippen LogP contribution in [-0.4, -0.2) is 5.87 Å². The summed E-state index contributed by atoms with van der Waals surface area (Å²) >= 11 is 2.16. The zero-order valence-corrected chi connectivity index (χ0v) is 7.21. The average Bonchev–Trinajstić information content (AvgIpc) is 1.97. The smallest absolute Gasteiger partial charge is 0.111 e. The molecule has 2 heteroatoms. The predicted octanol–water partition coefficient (Wildman–Crippen LogP) is 2.45. The third-order valence-electron chi connectivity index (χ3n) is 0.947. The van der Waals surface area contributed by atoms with Crippen molar-refractivity contribution in [3.05, 3.63) is 27.5 Å². The minimum absolute atomic E-state index is 0.973. The molecule has 46 valence electrons. The van der Waals surface area contributed by atoms with Crippen molar-refractivity contribution >= 4 is 28.5 Å². The molecular formula is C7H6IN. The van der Waals surface area contributed by atoms with E-state index in [1.807, 2.05) is 25.2 Å². The maximum absolute atomic E-state index is 3.96. The summed E-state index contributed by atoms with van der Waals surface area (Å²) < 4.78 is 0.973. The van der Waals surface area contributed by atoms with E-state index >= 15 is 0 Å². The minimum atomic E-state index is 0.973. The van der Waals surface area contributed by atoms with Gasteiger partial charge in [-0.25, -0.2) is 0 Å². The van der Waals surface area contributed by atoms with E-state index in [4.69, 9.17) is 0 Å². The van der Waals surface area contributed by atoms with Crippen LogP contribution in [0.2, 0.25) is 0 Å². The zero-order chi connectivity index (χ0) is 6.69. The monoisotopic (exact) mass is 231 g/mol. The molecule has 0 unspecified atom stereocenters. The quantitative estimate of drug-likeness (QED) is 0.448. The average molecular weight is 231 g/mol. The second kappa shape index (κ2) is 2.99. The van der Waals surface area contributed by atoms with E-state index in [0.717, 1.165) is 3.70 Å². The first-order valence-corrected chi connectivity index (χ1v) is 3.70. The SMILES string of the molecule is CC1=CC=C(I)N=C=C1. The summed E-state index contributed by atoms with van der Waals surface area (Å²) in [6.07, 6.45) is 5.85. The number of rotatable bonds is 0. The van der Waals surface area contributed by atoms with Crippen LogP contribution in [0.3, 0.4) is 0 Å². The molecular weight excluding hydrogens is 225 g/mol. The van der Waals surface area contributed by atoms with Crippen LogP contribution >= 0.6 is 22.6 Å². The lowest BCUT2D eigenvalue weighted by atomic mass is 10.3. The van der Waals surface area contributed by atoms with Crippen molar-refractivity contribution in [3.63, 3.8) is 0 Å². The van der Waals surface area contributed by atoms with Crippen molar-refractivity contribution in [2.24, 2.45) is 4.99 Å². The van der Waals surface area contributed by atoms with Crippen LogP contribution in [0.4, 0.5) is 0 Å². The Balaban J connectivity index is 3.00. The molecule has 1 rings (SSSR count). The topological polar surface area (TPSA) is 12.4 Å². The lowest BCUT2D eigenvalue weighted by molar-refractivity contribution is 1.55. The molecule has 0 atom stereocenters. The van der Waals surface area contributed by atoms with E-state index < -0.39 is 0 Å². The number of aliphatic imine (C=N–C) groups is 1. The third kappa shape index (κ3) is 2.16. The van der Waals surface area contributed by atoms with Crippen LogP contribution in [0.5, 0.6) is 0 Å². The molecule has 0 radical (unpaired) electrons. The van der Waals surface area contributed by atoms with Gasteiger partial charge in [-0.15, -0.1) is 0 Å². The van der Waals surface area contributed by atoms with Crippen molar-refractivity contribution < 1.29 is 0 Å². The van der Waals surface area contributed by atoms with E-state index in [0.29, 0.717) is 0 Å². The highest BCUT2D eigenvalue weighted by atomic mass is 127. The molecule has 0 aliphatic carbocycles. The zero-order valence-electron chi connectivity index (χ0n) is 5.06. The molecule has 0 saturated heterocycles. The van der Waals surface area contributed by atoms with Gasteiger partial charge in [-0.2, -0.15) is 4.99 Å². The highest BCUT2D eigenvalue weighted by Gasteiger charge is 1.85. The number of halogens is 1. The van der Waals surface area contributed by atoms with Crippen LogP contribution in [0, 0.1) is 0 Å². The Kier molecular flexibility index (Phi) is 2.25. The van der Waals surface area contributed by atoms with Gasteiger partial charge in [-0.05, 0) is 47.0 Å². The van der Waals surface area contributed by atoms with Crippen LogP contribution in [-0.2, 0) is 0 Å². The standard InChI is InChI=1S/C7H6IN/c1-6-2-3-7(8)9-5-4-6/h2-4H,1H3. The Morgan fingerprint density at radius 3 is 3.11 bits per heavy atom. The second-order valence-electron chi connectivity index (χ2n) is 1.79. The van der Waals surface area contributed by atoms with E-state index in [-0.39, 0.29) is 0 Å². The molecule has 1 heterocycles.